The van der Waals surface area contributed by atoms with Gasteiger partial charge in [-0.3, -0.25) is 14.4 Å². The smallest absolute Gasteiger partial charge is 0.311 e. The zero-order chi connectivity index (χ0) is 25.7. The fourth-order valence-corrected chi connectivity index (χ4v) is 4.03. The molecule has 36 heavy (non-hydrogen) atoms. The standard InChI is InChI=1S/C26H22Cl2N2O6/c1-34-21-7-2-3-8-22(21)36-18-11-9-17(10-12-18)30-14-16(13-24(30)32)26(33)35-15-23(31)29-20-6-4-5-19(27)25(20)28/h2-12,16H,13-15H2,1H3,(H,29,31)/t16-/m1/s1. The summed E-state index contributed by atoms with van der Waals surface area (Å²) in [6.45, 7) is -0.368. The Morgan fingerprint density at radius 1 is 1.00 bits per heavy atom. The predicted octanol–water partition coefficient (Wildman–Crippen LogP) is 5.33. The molecule has 0 aliphatic carbocycles. The van der Waals surface area contributed by atoms with Gasteiger partial charge in [-0.1, -0.05) is 41.4 Å². The van der Waals surface area contributed by atoms with Gasteiger partial charge < -0.3 is 24.4 Å². The van der Waals surface area contributed by atoms with Crippen LogP contribution < -0.4 is 19.7 Å². The number of methoxy groups -OCH3 is 1. The van der Waals surface area contributed by atoms with Crippen LogP contribution in [0.1, 0.15) is 6.42 Å². The summed E-state index contributed by atoms with van der Waals surface area (Å²) in [5.41, 5.74) is 0.932. The number of ether oxygens (including phenoxy) is 3. The number of halogens is 2. The summed E-state index contributed by atoms with van der Waals surface area (Å²) in [6.07, 6.45) is -0.0138. The van der Waals surface area contributed by atoms with Crippen molar-refractivity contribution in [2.24, 2.45) is 5.92 Å². The fourth-order valence-electron chi connectivity index (χ4n) is 3.68. The van der Waals surface area contributed by atoms with Gasteiger partial charge >= 0.3 is 5.97 Å². The van der Waals surface area contributed by atoms with Crippen LogP contribution in [0.3, 0.4) is 0 Å². The molecule has 1 aliphatic rings. The van der Waals surface area contributed by atoms with Crippen molar-refractivity contribution in [3.63, 3.8) is 0 Å². The Bertz CT molecular complexity index is 1280. The molecule has 0 unspecified atom stereocenters. The van der Waals surface area contributed by atoms with Crippen molar-refractivity contribution in [3.8, 4) is 17.2 Å². The van der Waals surface area contributed by atoms with E-state index in [0.717, 1.165) is 0 Å². The number of nitrogens with one attached hydrogen (secondary N) is 1. The summed E-state index contributed by atoms with van der Waals surface area (Å²) in [5, 5.41) is 3.02. The molecule has 1 saturated heterocycles. The average Bonchev–Trinajstić information content (AvgIpc) is 3.28. The van der Waals surface area contributed by atoms with Crippen molar-refractivity contribution in [3.05, 3.63) is 76.8 Å². The van der Waals surface area contributed by atoms with Crippen molar-refractivity contribution in [2.75, 3.05) is 30.5 Å². The summed E-state index contributed by atoms with van der Waals surface area (Å²) >= 11 is 12.0. The van der Waals surface area contributed by atoms with Gasteiger partial charge in [0, 0.05) is 18.7 Å². The first-order valence-corrected chi connectivity index (χ1v) is 11.7. The number of rotatable bonds is 8. The molecule has 3 aromatic rings. The van der Waals surface area contributed by atoms with Crippen LogP contribution >= 0.6 is 23.2 Å². The van der Waals surface area contributed by atoms with E-state index >= 15 is 0 Å². The molecule has 0 saturated carbocycles. The van der Waals surface area contributed by atoms with Gasteiger partial charge in [0.25, 0.3) is 5.91 Å². The lowest BCUT2D eigenvalue weighted by atomic mass is 10.1. The summed E-state index contributed by atoms with van der Waals surface area (Å²) in [6, 6.07) is 19.0. The molecule has 1 atom stereocenters. The van der Waals surface area contributed by atoms with Crippen molar-refractivity contribution < 1.29 is 28.6 Å². The molecule has 1 fully saturated rings. The Morgan fingerprint density at radius 3 is 2.44 bits per heavy atom. The number of esters is 1. The van der Waals surface area contributed by atoms with Crippen molar-refractivity contribution in [2.45, 2.75) is 6.42 Å². The van der Waals surface area contributed by atoms with E-state index in [2.05, 4.69) is 5.32 Å². The number of nitrogens with zero attached hydrogens (tertiary/aromatic N) is 1. The molecule has 10 heteroatoms. The number of para-hydroxylation sites is 2. The van der Waals surface area contributed by atoms with Crippen LogP contribution in [0.2, 0.25) is 10.0 Å². The van der Waals surface area contributed by atoms with E-state index in [1.807, 2.05) is 12.1 Å². The number of carbonyl (C=O) groups is 3. The maximum Gasteiger partial charge on any atom is 0.311 e. The van der Waals surface area contributed by atoms with E-state index in [0.29, 0.717) is 28.6 Å². The Kier molecular flexibility index (Phi) is 7.97. The van der Waals surface area contributed by atoms with Crippen molar-refractivity contribution in [1.29, 1.82) is 0 Å². The van der Waals surface area contributed by atoms with E-state index in [9.17, 15) is 14.4 Å². The molecule has 4 rings (SSSR count). The van der Waals surface area contributed by atoms with E-state index in [-0.39, 0.29) is 28.9 Å². The topological polar surface area (TPSA) is 94.2 Å². The summed E-state index contributed by atoms with van der Waals surface area (Å²) < 4.78 is 16.3. The number of benzene rings is 3. The molecule has 0 bridgehead atoms. The second kappa shape index (κ2) is 11.3. The van der Waals surface area contributed by atoms with Gasteiger partial charge in [0.2, 0.25) is 5.91 Å². The number of amides is 2. The summed E-state index contributed by atoms with van der Waals surface area (Å²) in [7, 11) is 1.56. The molecule has 1 N–H and O–H groups in total. The highest BCUT2D eigenvalue weighted by atomic mass is 35.5. The van der Waals surface area contributed by atoms with E-state index in [4.69, 9.17) is 37.4 Å². The zero-order valence-corrected chi connectivity index (χ0v) is 20.7. The number of anilines is 2. The Labute approximate surface area is 217 Å². The van der Waals surface area contributed by atoms with Gasteiger partial charge in [-0.25, -0.2) is 0 Å². The lowest BCUT2D eigenvalue weighted by molar-refractivity contribution is -0.151. The van der Waals surface area contributed by atoms with Crippen LogP contribution in [0.25, 0.3) is 0 Å². The summed E-state index contributed by atoms with van der Waals surface area (Å²) in [5.74, 6) is -0.378. The zero-order valence-electron chi connectivity index (χ0n) is 19.2. The highest BCUT2D eigenvalue weighted by Gasteiger charge is 2.36. The molecule has 0 radical (unpaired) electrons. The molecule has 3 aromatic carbocycles. The highest BCUT2D eigenvalue weighted by molar-refractivity contribution is 6.44. The van der Waals surface area contributed by atoms with Gasteiger partial charge in [-0.15, -0.1) is 0 Å². The fraction of sp³-hybridized carbons (Fsp3) is 0.192. The minimum Gasteiger partial charge on any atom is -0.493 e. The van der Waals surface area contributed by atoms with E-state index in [1.165, 1.54) is 4.90 Å². The number of hydrogen-bond donors (Lipinski definition) is 1. The number of hydrogen-bond acceptors (Lipinski definition) is 6. The van der Waals surface area contributed by atoms with Gasteiger partial charge in [0.15, 0.2) is 18.1 Å². The molecule has 1 heterocycles. The van der Waals surface area contributed by atoms with Crippen LogP contribution in [0.15, 0.2) is 66.7 Å². The van der Waals surface area contributed by atoms with Gasteiger partial charge in [0.05, 0.1) is 28.8 Å². The van der Waals surface area contributed by atoms with Gasteiger partial charge in [0.1, 0.15) is 5.75 Å². The molecular weight excluding hydrogens is 507 g/mol. The summed E-state index contributed by atoms with van der Waals surface area (Å²) in [4.78, 5) is 38.7. The average molecular weight is 529 g/mol. The molecule has 0 spiro atoms. The molecule has 186 valence electrons. The van der Waals surface area contributed by atoms with Crippen LogP contribution in [-0.4, -0.2) is 38.0 Å². The van der Waals surface area contributed by atoms with E-state index in [1.54, 1.807) is 61.7 Å². The predicted molar refractivity (Wildman–Crippen MR) is 136 cm³/mol. The van der Waals surface area contributed by atoms with Crippen LogP contribution in [0, 0.1) is 5.92 Å². The monoisotopic (exact) mass is 528 g/mol. The minimum absolute atomic E-state index is 0.0138. The molecule has 0 aromatic heterocycles. The Hall–Kier alpha value is -3.75. The Morgan fingerprint density at radius 2 is 1.72 bits per heavy atom. The normalized spacial score (nSPS) is 14.9. The first-order chi connectivity index (χ1) is 17.4. The maximum atomic E-state index is 12.6. The molecular formula is C26H22Cl2N2O6. The molecule has 1 aliphatic heterocycles. The third kappa shape index (κ3) is 5.90. The lowest BCUT2D eigenvalue weighted by Crippen LogP contribution is -2.28. The largest absolute Gasteiger partial charge is 0.493 e. The van der Waals surface area contributed by atoms with Crippen LogP contribution in [0.4, 0.5) is 11.4 Å². The quantitative estimate of drug-likeness (QED) is 0.397. The van der Waals surface area contributed by atoms with Crippen LogP contribution in [0.5, 0.6) is 17.2 Å². The lowest BCUT2D eigenvalue weighted by Gasteiger charge is -2.17. The SMILES string of the molecule is COc1ccccc1Oc1ccc(N2C[C@H](C(=O)OCC(=O)Nc3cccc(Cl)c3Cl)CC2=O)cc1. The van der Waals surface area contributed by atoms with Crippen molar-refractivity contribution >= 4 is 52.4 Å². The number of carbonyl (C=O) groups excluding carboxylic acids is 3. The Balaban J connectivity index is 1.31. The molecule has 2 amide bonds. The third-order valence-electron chi connectivity index (χ3n) is 5.47. The second-order valence-electron chi connectivity index (χ2n) is 7.91. The van der Waals surface area contributed by atoms with Crippen molar-refractivity contribution in [1.82, 2.24) is 0 Å². The van der Waals surface area contributed by atoms with E-state index < -0.39 is 24.4 Å². The molecule has 8 nitrogen and oxygen atoms in total. The van der Waals surface area contributed by atoms with Gasteiger partial charge in [-0.05, 0) is 48.5 Å². The van der Waals surface area contributed by atoms with Crippen LogP contribution in [-0.2, 0) is 19.1 Å². The minimum atomic E-state index is -0.690. The maximum absolute atomic E-state index is 12.6. The third-order valence-corrected chi connectivity index (χ3v) is 6.29. The first kappa shape index (κ1) is 25.3. The first-order valence-electron chi connectivity index (χ1n) is 11.0. The van der Waals surface area contributed by atoms with Gasteiger partial charge in [-0.2, -0.15) is 0 Å². The second-order valence-corrected chi connectivity index (χ2v) is 8.69. The highest BCUT2D eigenvalue weighted by Crippen LogP contribution is 2.33.